The third-order valence-electron chi connectivity index (χ3n) is 6.69. The first-order chi connectivity index (χ1) is 14.1. The zero-order chi connectivity index (χ0) is 20.0. The normalized spacial score (nSPS) is 22.4. The average molecular weight is 388 g/mol. The second kappa shape index (κ2) is 7.37. The number of benzene rings is 2. The molecule has 2 atom stereocenters. The number of carbonyl (C=O) groups is 1. The van der Waals surface area contributed by atoms with E-state index < -0.39 is 0 Å². The zero-order valence-electron chi connectivity index (χ0n) is 17.3. The fourth-order valence-corrected chi connectivity index (χ4v) is 5.55. The molecule has 2 bridgehead atoms. The molecule has 2 aromatic carbocycles. The van der Waals surface area contributed by atoms with E-state index >= 15 is 0 Å². The summed E-state index contributed by atoms with van der Waals surface area (Å²) in [5.74, 6) is 0.794. The summed E-state index contributed by atoms with van der Waals surface area (Å²) in [6.45, 7) is 4.94. The first-order valence-corrected chi connectivity index (χ1v) is 10.9. The van der Waals surface area contributed by atoms with Crippen LogP contribution in [0.5, 0.6) is 0 Å². The largest absolute Gasteiger partial charge is 0.448 e. The molecular weight excluding hydrogens is 358 g/mol. The van der Waals surface area contributed by atoms with E-state index in [1.165, 1.54) is 27.8 Å². The van der Waals surface area contributed by atoms with Crippen molar-refractivity contribution in [2.45, 2.75) is 57.5 Å². The number of amides is 1. The Hall–Kier alpha value is -2.55. The van der Waals surface area contributed by atoms with Crippen molar-refractivity contribution in [1.82, 2.24) is 4.90 Å². The van der Waals surface area contributed by atoms with Gasteiger partial charge in [-0.3, -0.25) is 4.90 Å². The van der Waals surface area contributed by atoms with Crippen LogP contribution in [-0.2, 0) is 4.74 Å². The van der Waals surface area contributed by atoms with Crippen LogP contribution in [0.1, 0.15) is 56.6 Å². The van der Waals surface area contributed by atoms with Crippen LogP contribution in [0.2, 0.25) is 0 Å². The number of carbonyl (C=O) groups excluding carboxylic acids is 1. The number of nitrogens with zero attached hydrogens (tertiary/aromatic N) is 1. The first-order valence-electron chi connectivity index (χ1n) is 10.9. The van der Waals surface area contributed by atoms with E-state index in [2.05, 4.69) is 68.5 Å². The van der Waals surface area contributed by atoms with Crippen molar-refractivity contribution < 1.29 is 9.53 Å². The summed E-state index contributed by atoms with van der Waals surface area (Å²) in [6, 6.07) is 17.5. The van der Waals surface area contributed by atoms with Crippen molar-refractivity contribution >= 4 is 6.09 Å². The Labute approximate surface area is 173 Å². The smallest absolute Gasteiger partial charge is 0.410 e. The van der Waals surface area contributed by atoms with Gasteiger partial charge in [0.2, 0.25) is 0 Å². The molecule has 2 heterocycles. The van der Waals surface area contributed by atoms with E-state index in [0.29, 0.717) is 18.6 Å². The van der Waals surface area contributed by atoms with Gasteiger partial charge < -0.3 is 4.74 Å². The number of ether oxygens (including phenoxy) is 1. The molecule has 0 saturated carbocycles. The summed E-state index contributed by atoms with van der Waals surface area (Å²) in [5, 5.41) is 0. The van der Waals surface area contributed by atoms with Gasteiger partial charge in [0.05, 0.1) is 6.04 Å². The Morgan fingerprint density at radius 1 is 1.03 bits per heavy atom. The van der Waals surface area contributed by atoms with Gasteiger partial charge in [-0.2, -0.15) is 0 Å². The molecule has 0 radical (unpaired) electrons. The molecule has 0 aromatic heterocycles. The third-order valence-corrected chi connectivity index (χ3v) is 6.69. The molecule has 5 rings (SSSR count). The van der Waals surface area contributed by atoms with Gasteiger partial charge in [0.25, 0.3) is 0 Å². The minimum Gasteiger partial charge on any atom is -0.448 e. The number of fused-ring (bicyclic) bond motifs is 5. The minimum atomic E-state index is -0.140. The van der Waals surface area contributed by atoms with Gasteiger partial charge in [0.15, 0.2) is 0 Å². The molecule has 1 fully saturated rings. The monoisotopic (exact) mass is 387 g/mol. The Morgan fingerprint density at radius 3 is 2.31 bits per heavy atom. The summed E-state index contributed by atoms with van der Waals surface area (Å²) in [4.78, 5) is 15.1. The average Bonchev–Trinajstić information content (AvgIpc) is 3.18. The molecule has 2 unspecified atom stereocenters. The van der Waals surface area contributed by atoms with Crippen LogP contribution in [0.4, 0.5) is 4.79 Å². The number of hydrogen-bond donors (Lipinski definition) is 0. The predicted molar refractivity (Wildman–Crippen MR) is 116 cm³/mol. The van der Waals surface area contributed by atoms with E-state index in [0.717, 1.165) is 25.7 Å². The summed E-state index contributed by atoms with van der Waals surface area (Å²) in [6.07, 6.45) is 6.51. The lowest BCUT2D eigenvalue weighted by Gasteiger charge is -2.34. The minimum absolute atomic E-state index is 0.126. The van der Waals surface area contributed by atoms with E-state index in [1.807, 2.05) is 4.90 Å². The van der Waals surface area contributed by atoms with Gasteiger partial charge in [-0.05, 0) is 53.9 Å². The predicted octanol–water partition coefficient (Wildman–Crippen LogP) is 6.14. The molecule has 29 heavy (non-hydrogen) atoms. The molecule has 0 N–H and O–H groups in total. The standard InChI is InChI=1S/C26H29NO2/c1-17(2)13-18-14-19-11-12-20(15-18)27(19)26(28)29-16-25-23-9-5-3-7-21(23)22-8-4-6-10-24(22)25/h3-10,14,17,19-20,25H,11-13,15-16H2,1-2H3. The quantitative estimate of drug-likeness (QED) is 0.589. The van der Waals surface area contributed by atoms with Crippen LogP contribution in [-0.4, -0.2) is 29.7 Å². The fraction of sp³-hybridized carbons (Fsp3) is 0.423. The second-order valence-electron chi connectivity index (χ2n) is 9.14. The molecule has 3 nitrogen and oxygen atoms in total. The molecule has 150 valence electrons. The maximum absolute atomic E-state index is 13.0. The van der Waals surface area contributed by atoms with E-state index in [-0.39, 0.29) is 18.1 Å². The molecule has 3 heteroatoms. The highest BCUT2D eigenvalue weighted by Gasteiger charge is 2.41. The Balaban J connectivity index is 1.31. The molecule has 0 spiro atoms. The van der Waals surface area contributed by atoms with Gasteiger partial charge in [-0.15, -0.1) is 0 Å². The van der Waals surface area contributed by atoms with Gasteiger partial charge >= 0.3 is 6.09 Å². The summed E-state index contributed by atoms with van der Waals surface area (Å²) < 4.78 is 5.93. The maximum Gasteiger partial charge on any atom is 0.410 e. The SMILES string of the molecule is CC(C)CC1=CC2CCC(C1)N2C(=O)OCC1c2ccccc2-c2ccccc21. The molecule has 1 saturated heterocycles. The highest BCUT2D eigenvalue weighted by molar-refractivity contribution is 5.79. The van der Waals surface area contributed by atoms with Crippen molar-refractivity contribution in [1.29, 1.82) is 0 Å². The first kappa shape index (κ1) is 18.5. The molecular formula is C26H29NO2. The van der Waals surface area contributed by atoms with Crippen LogP contribution >= 0.6 is 0 Å². The van der Waals surface area contributed by atoms with Gasteiger partial charge in [-0.25, -0.2) is 4.79 Å². The zero-order valence-corrected chi connectivity index (χ0v) is 17.3. The Morgan fingerprint density at radius 2 is 1.69 bits per heavy atom. The highest BCUT2D eigenvalue weighted by atomic mass is 16.6. The lowest BCUT2D eigenvalue weighted by atomic mass is 9.94. The fourth-order valence-electron chi connectivity index (χ4n) is 5.55. The van der Waals surface area contributed by atoms with Crippen molar-refractivity contribution in [3.63, 3.8) is 0 Å². The maximum atomic E-state index is 13.0. The molecule has 1 amide bonds. The Kier molecular flexibility index (Phi) is 4.69. The second-order valence-corrected chi connectivity index (χ2v) is 9.14. The van der Waals surface area contributed by atoms with Crippen molar-refractivity contribution in [2.24, 2.45) is 5.92 Å². The summed E-state index contributed by atoms with van der Waals surface area (Å²) >= 11 is 0. The number of hydrogen-bond acceptors (Lipinski definition) is 2. The number of rotatable bonds is 4. The van der Waals surface area contributed by atoms with Gasteiger partial charge in [0, 0.05) is 12.0 Å². The van der Waals surface area contributed by atoms with Crippen molar-refractivity contribution in [3.05, 3.63) is 71.3 Å². The topological polar surface area (TPSA) is 29.5 Å². The lowest BCUT2D eigenvalue weighted by molar-refractivity contribution is 0.0847. The van der Waals surface area contributed by atoms with Crippen LogP contribution < -0.4 is 0 Å². The van der Waals surface area contributed by atoms with Crippen molar-refractivity contribution in [2.75, 3.05) is 6.61 Å². The van der Waals surface area contributed by atoms with Gasteiger partial charge in [0.1, 0.15) is 6.61 Å². The van der Waals surface area contributed by atoms with Crippen LogP contribution in [0, 0.1) is 5.92 Å². The van der Waals surface area contributed by atoms with Gasteiger partial charge in [-0.1, -0.05) is 74.0 Å². The van der Waals surface area contributed by atoms with Crippen LogP contribution in [0.25, 0.3) is 11.1 Å². The summed E-state index contributed by atoms with van der Waals surface area (Å²) in [7, 11) is 0. The van der Waals surface area contributed by atoms with Crippen molar-refractivity contribution in [3.8, 4) is 11.1 Å². The van der Waals surface area contributed by atoms with Crippen LogP contribution in [0.3, 0.4) is 0 Å². The third kappa shape index (κ3) is 3.27. The summed E-state index contributed by atoms with van der Waals surface area (Å²) in [5.41, 5.74) is 6.59. The van der Waals surface area contributed by atoms with Crippen LogP contribution in [0.15, 0.2) is 60.2 Å². The van der Waals surface area contributed by atoms with E-state index in [1.54, 1.807) is 0 Å². The highest BCUT2D eigenvalue weighted by Crippen LogP contribution is 2.45. The Bertz CT molecular complexity index is 915. The molecule has 2 aliphatic heterocycles. The van der Waals surface area contributed by atoms with E-state index in [4.69, 9.17) is 4.74 Å². The molecule has 3 aliphatic rings. The lowest BCUT2D eigenvalue weighted by Crippen LogP contribution is -2.43. The molecule has 1 aliphatic carbocycles. The van der Waals surface area contributed by atoms with E-state index in [9.17, 15) is 4.79 Å². The molecule has 2 aromatic rings.